The summed E-state index contributed by atoms with van der Waals surface area (Å²) in [6.07, 6.45) is 2.84. The minimum atomic E-state index is 0.551. The first kappa shape index (κ1) is 16.6. The molecular weight excluding hydrogens is 248 g/mol. The highest BCUT2D eigenvalue weighted by Crippen LogP contribution is 2.08. The van der Waals surface area contributed by atoms with Gasteiger partial charge in [-0.1, -0.05) is 26.8 Å². The van der Waals surface area contributed by atoms with Crippen molar-refractivity contribution in [1.82, 2.24) is 14.8 Å². The lowest BCUT2D eigenvalue weighted by atomic mass is 10.2. The summed E-state index contributed by atoms with van der Waals surface area (Å²) in [5.41, 5.74) is 1.58. The number of aromatic nitrogens is 1. The van der Waals surface area contributed by atoms with E-state index < -0.39 is 0 Å². The molecule has 0 saturated heterocycles. The lowest BCUT2D eigenvalue weighted by Gasteiger charge is -2.23. The van der Waals surface area contributed by atoms with Crippen LogP contribution in [0.4, 0.5) is 0 Å². The molecule has 0 bridgehead atoms. The zero-order valence-electron chi connectivity index (χ0n) is 13.0. The summed E-state index contributed by atoms with van der Waals surface area (Å²) in [7, 11) is 0. The van der Waals surface area contributed by atoms with Crippen molar-refractivity contribution in [3.05, 3.63) is 29.6 Å². The maximum absolute atomic E-state index is 9.08. The third kappa shape index (κ3) is 5.28. The van der Waals surface area contributed by atoms with E-state index in [4.69, 9.17) is 5.26 Å². The van der Waals surface area contributed by atoms with Gasteiger partial charge in [0, 0.05) is 18.3 Å². The lowest BCUT2D eigenvalue weighted by Crippen LogP contribution is -2.30. The van der Waals surface area contributed by atoms with Crippen molar-refractivity contribution in [2.75, 3.05) is 32.7 Å². The average molecular weight is 274 g/mol. The van der Waals surface area contributed by atoms with Crippen LogP contribution in [0.1, 0.15) is 38.4 Å². The van der Waals surface area contributed by atoms with E-state index in [2.05, 4.69) is 41.6 Å². The summed E-state index contributed by atoms with van der Waals surface area (Å²) in [4.78, 5) is 8.94. The van der Waals surface area contributed by atoms with Gasteiger partial charge in [0.05, 0.1) is 0 Å². The van der Waals surface area contributed by atoms with Crippen molar-refractivity contribution in [3.8, 4) is 6.07 Å². The van der Waals surface area contributed by atoms with Crippen LogP contribution in [0.3, 0.4) is 0 Å². The number of hydrogen-bond acceptors (Lipinski definition) is 4. The average Bonchev–Trinajstić information content (AvgIpc) is 2.50. The minimum absolute atomic E-state index is 0.551. The Morgan fingerprint density at radius 3 is 2.35 bits per heavy atom. The second-order valence-corrected chi connectivity index (χ2v) is 4.87. The molecule has 4 heteroatoms. The van der Waals surface area contributed by atoms with Gasteiger partial charge < -0.3 is 4.90 Å². The van der Waals surface area contributed by atoms with Crippen molar-refractivity contribution >= 4 is 0 Å². The summed E-state index contributed by atoms with van der Waals surface area (Å²) in [6, 6.07) is 6.07. The van der Waals surface area contributed by atoms with Gasteiger partial charge in [0.25, 0.3) is 0 Å². The van der Waals surface area contributed by atoms with Crippen molar-refractivity contribution in [2.45, 2.75) is 33.7 Å². The zero-order valence-corrected chi connectivity index (χ0v) is 13.0. The Kier molecular flexibility index (Phi) is 7.86. The SMILES string of the molecule is CCN(CC)CCCN(CC)Cc1cccnc1C#N. The highest BCUT2D eigenvalue weighted by Gasteiger charge is 2.08. The molecule has 0 spiro atoms. The lowest BCUT2D eigenvalue weighted by molar-refractivity contribution is 0.238. The Labute approximate surface area is 123 Å². The van der Waals surface area contributed by atoms with Gasteiger partial charge in [0.1, 0.15) is 11.8 Å². The first-order chi connectivity index (χ1) is 9.74. The molecule has 0 aliphatic carbocycles. The molecule has 0 fully saturated rings. The van der Waals surface area contributed by atoms with Crippen LogP contribution in [0.25, 0.3) is 0 Å². The Morgan fingerprint density at radius 1 is 1.10 bits per heavy atom. The van der Waals surface area contributed by atoms with E-state index in [-0.39, 0.29) is 0 Å². The summed E-state index contributed by atoms with van der Waals surface area (Å²) >= 11 is 0. The number of nitrogens with zero attached hydrogens (tertiary/aromatic N) is 4. The third-order valence-electron chi connectivity index (χ3n) is 3.68. The van der Waals surface area contributed by atoms with E-state index in [0.29, 0.717) is 5.69 Å². The molecule has 4 nitrogen and oxygen atoms in total. The normalized spacial score (nSPS) is 11.0. The quantitative estimate of drug-likeness (QED) is 0.694. The molecule has 1 aromatic heterocycles. The molecule has 0 atom stereocenters. The molecule has 1 heterocycles. The Hall–Kier alpha value is -1.44. The summed E-state index contributed by atoms with van der Waals surface area (Å²) in [5.74, 6) is 0. The molecule has 110 valence electrons. The van der Waals surface area contributed by atoms with Crippen LogP contribution in [0.2, 0.25) is 0 Å². The molecule has 0 radical (unpaired) electrons. The van der Waals surface area contributed by atoms with Crippen molar-refractivity contribution in [1.29, 1.82) is 5.26 Å². The van der Waals surface area contributed by atoms with Crippen LogP contribution in [0.5, 0.6) is 0 Å². The maximum Gasteiger partial charge on any atom is 0.144 e. The molecule has 0 saturated carbocycles. The van der Waals surface area contributed by atoms with E-state index in [1.165, 1.54) is 0 Å². The van der Waals surface area contributed by atoms with E-state index in [0.717, 1.165) is 51.3 Å². The van der Waals surface area contributed by atoms with Gasteiger partial charge in [0.15, 0.2) is 0 Å². The number of hydrogen-bond donors (Lipinski definition) is 0. The van der Waals surface area contributed by atoms with Gasteiger partial charge in [-0.3, -0.25) is 4.90 Å². The van der Waals surface area contributed by atoms with Gasteiger partial charge >= 0.3 is 0 Å². The first-order valence-corrected chi connectivity index (χ1v) is 7.53. The Morgan fingerprint density at radius 2 is 1.75 bits per heavy atom. The second-order valence-electron chi connectivity index (χ2n) is 4.87. The van der Waals surface area contributed by atoms with Gasteiger partial charge in [0.2, 0.25) is 0 Å². The van der Waals surface area contributed by atoms with Crippen molar-refractivity contribution < 1.29 is 0 Å². The largest absolute Gasteiger partial charge is 0.304 e. The molecule has 0 unspecified atom stereocenters. The topological polar surface area (TPSA) is 43.2 Å². The molecule has 20 heavy (non-hydrogen) atoms. The van der Waals surface area contributed by atoms with Crippen LogP contribution in [-0.2, 0) is 6.54 Å². The third-order valence-corrected chi connectivity index (χ3v) is 3.68. The Bertz CT molecular complexity index is 421. The monoisotopic (exact) mass is 274 g/mol. The van der Waals surface area contributed by atoms with E-state index in [1.807, 2.05) is 12.1 Å². The minimum Gasteiger partial charge on any atom is -0.304 e. The second kappa shape index (κ2) is 9.46. The highest BCUT2D eigenvalue weighted by molar-refractivity contribution is 5.30. The molecule has 0 aliphatic rings. The fourth-order valence-corrected chi connectivity index (χ4v) is 2.31. The van der Waals surface area contributed by atoms with Crippen LogP contribution < -0.4 is 0 Å². The predicted molar refractivity (Wildman–Crippen MR) is 82.3 cm³/mol. The van der Waals surface area contributed by atoms with E-state index in [1.54, 1.807) is 6.20 Å². The summed E-state index contributed by atoms with van der Waals surface area (Å²) in [5, 5.41) is 9.08. The zero-order chi connectivity index (χ0) is 14.8. The molecule has 1 rings (SSSR count). The summed E-state index contributed by atoms with van der Waals surface area (Å²) < 4.78 is 0. The van der Waals surface area contributed by atoms with Crippen LogP contribution in [-0.4, -0.2) is 47.5 Å². The molecule has 1 aromatic rings. The molecule has 0 amide bonds. The number of pyridine rings is 1. The van der Waals surface area contributed by atoms with Gasteiger partial charge in [-0.25, -0.2) is 4.98 Å². The van der Waals surface area contributed by atoms with E-state index in [9.17, 15) is 0 Å². The fraction of sp³-hybridized carbons (Fsp3) is 0.625. The summed E-state index contributed by atoms with van der Waals surface area (Å²) in [6.45, 7) is 12.8. The van der Waals surface area contributed by atoms with Gasteiger partial charge in [-0.05, 0) is 45.2 Å². The molecular formula is C16H26N4. The predicted octanol–water partition coefficient (Wildman–Crippen LogP) is 2.51. The van der Waals surface area contributed by atoms with Crippen molar-refractivity contribution in [3.63, 3.8) is 0 Å². The molecule has 0 aromatic carbocycles. The van der Waals surface area contributed by atoms with Crippen LogP contribution in [0.15, 0.2) is 18.3 Å². The van der Waals surface area contributed by atoms with Crippen LogP contribution in [0, 0.1) is 11.3 Å². The molecule has 0 N–H and O–H groups in total. The highest BCUT2D eigenvalue weighted by atomic mass is 15.1. The molecule has 0 aliphatic heterocycles. The Balaban J connectivity index is 2.49. The fourth-order valence-electron chi connectivity index (χ4n) is 2.31. The van der Waals surface area contributed by atoms with Crippen LogP contribution >= 0.6 is 0 Å². The standard InChI is InChI=1S/C16H26N4/c1-4-19(5-2)11-8-12-20(6-3)14-15-9-7-10-18-16(15)13-17/h7,9-10H,4-6,8,11-12,14H2,1-3H3. The van der Waals surface area contributed by atoms with E-state index >= 15 is 0 Å². The number of nitriles is 1. The first-order valence-electron chi connectivity index (χ1n) is 7.53. The van der Waals surface area contributed by atoms with Gasteiger partial charge in [-0.2, -0.15) is 5.26 Å². The van der Waals surface area contributed by atoms with Crippen molar-refractivity contribution in [2.24, 2.45) is 0 Å². The smallest absolute Gasteiger partial charge is 0.144 e. The van der Waals surface area contributed by atoms with Gasteiger partial charge in [-0.15, -0.1) is 0 Å². The maximum atomic E-state index is 9.08. The number of rotatable bonds is 9.